The van der Waals surface area contributed by atoms with Gasteiger partial charge in [0.05, 0.1) is 33.5 Å². The van der Waals surface area contributed by atoms with Gasteiger partial charge in [-0.2, -0.15) is 0 Å². The number of piperazine rings is 1. The van der Waals surface area contributed by atoms with Crippen LogP contribution in [0.4, 0.5) is 22.7 Å². The third-order valence-corrected chi connectivity index (χ3v) is 11.3. The van der Waals surface area contributed by atoms with Crippen LogP contribution in [0.3, 0.4) is 0 Å². The van der Waals surface area contributed by atoms with Crippen LogP contribution in [0.2, 0.25) is 0 Å². The SMILES string of the molecule is C=C1CCC(N2C(=O)c3ccc(N4CCN(CCCOC5CC(Oc6ccc7c(c6)Sc6cc([N+](=O)[O-])ccc6N7)C5)CC4)cc3C2=O)C(=O)N1. The predicted molar refractivity (Wildman–Crippen MR) is 191 cm³/mol. The van der Waals surface area contributed by atoms with E-state index in [2.05, 4.69) is 27.0 Å². The van der Waals surface area contributed by atoms with Gasteiger partial charge >= 0.3 is 0 Å². The molecule has 8 rings (SSSR count). The molecule has 14 heteroatoms. The van der Waals surface area contributed by atoms with Gasteiger partial charge in [-0.1, -0.05) is 18.3 Å². The van der Waals surface area contributed by atoms with Gasteiger partial charge in [-0.15, -0.1) is 0 Å². The van der Waals surface area contributed by atoms with E-state index < -0.39 is 17.9 Å². The largest absolute Gasteiger partial charge is 0.490 e. The molecule has 1 unspecified atom stereocenters. The number of nitro benzene ring substituents is 1. The van der Waals surface area contributed by atoms with Crippen LogP contribution < -0.4 is 20.3 Å². The van der Waals surface area contributed by atoms with Gasteiger partial charge in [0.2, 0.25) is 5.91 Å². The molecule has 4 heterocycles. The lowest BCUT2D eigenvalue weighted by Gasteiger charge is -2.37. The molecule has 2 N–H and O–H groups in total. The molecule has 3 aromatic rings. The first kappa shape index (κ1) is 33.2. The second-order valence-electron chi connectivity index (χ2n) is 13.6. The molecule has 0 radical (unpaired) electrons. The number of hydrogen-bond donors (Lipinski definition) is 2. The van der Waals surface area contributed by atoms with E-state index in [0.29, 0.717) is 36.3 Å². The molecular weight excluding hydrogens is 673 g/mol. The Bertz CT molecular complexity index is 1940. The highest BCUT2D eigenvalue weighted by Gasteiger charge is 2.44. The maximum Gasteiger partial charge on any atom is 0.270 e. The number of nitrogens with one attached hydrogen (secondary N) is 2. The number of fused-ring (bicyclic) bond motifs is 3. The Morgan fingerprint density at radius 3 is 2.39 bits per heavy atom. The first-order valence-electron chi connectivity index (χ1n) is 17.3. The number of non-ortho nitro benzene ring substituents is 1. The molecule has 0 spiro atoms. The maximum absolute atomic E-state index is 13.3. The first-order valence-corrected chi connectivity index (χ1v) is 18.2. The molecule has 51 heavy (non-hydrogen) atoms. The number of ether oxygens (including phenoxy) is 2. The lowest BCUT2D eigenvalue weighted by molar-refractivity contribution is -0.385. The quantitative estimate of drug-likeness (QED) is 0.0953. The minimum atomic E-state index is -0.813. The molecule has 3 amide bonds. The molecule has 264 valence electrons. The molecule has 2 saturated heterocycles. The lowest BCUT2D eigenvalue weighted by Crippen LogP contribution is -2.51. The summed E-state index contributed by atoms with van der Waals surface area (Å²) in [6, 6.07) is 15.3. The van der Waals surface area contributed by atoms with Crippen LogP contribution >= 0.6 is 11.8 Å². The highest BCUT2D eigenvalue weighted by atomic mass is 32.2. The summed E-state index contributed by atoms with van der Waals surface area (Å²) < 4.78 is 12.4. The van der Waals surface area contributed by atoms with Gasteiger partial charge in [0.25, 0.3) is 17.5 Å². The zero-order chi connectivity index (χ0) is 35.2. The smallest absolute Gasteiger partial charge is 0.270 e. The average molecular weight is 711 g/mol. The third-order valence-electron chi connectivity index (χ3n) is 10.2. The van der Waals surface area contributed by atoms with Crippen molar-refractivity contribution in [2.45, 2.75) is 60.1 Å². The fraction of sp³-hybridized carbons (Fsp3) is 0.378. The molecule has 13 nitrogen and oxygen atoms in total. The van der Waals surface area contributed by atoms with E-state index in [1.807, 2.05) is 24.3 Å². The van der Waals surface area contributed by atoms with Crippen LogP contribution in [-0.4, -0.2) is 90.0 Å². The predicted octanol–water partition coefficient (Wildman–Crippen LogP) is 5.33. The van der Waals surface area contributed by atoms with Crippen molar-refractivity contribution in [2.75, 3.05) is 49.5 Å². The summed E-state index contributed by atoms with van der Waals surface area (Å²) in [6.45, 7) is 8.81. The Morgan fingerprint density at radius 1 is 0.882 bits per heavy atom. The number of nitro groups is 1. The molecule has 1 saturated carbocycles. The summed E-state index contributed by atoms with van der Waals surface area (Å²) >= 11 is 1.50. The Balaban J connectivity index is 0.747. The Morgan fingerprint density at radius 2 is 1.63 bits per heavy atom. The van der Waals surface area contributed by atoms with Crippen LogP contribution in [0.1, 0.15) is 52.8 Å². The zero-order valence-electron chi connectivity index (χ0n) is 28.0. The van der Waals surface area contributed by atoms with Gasteiger partial charge in [-0.3, -0.25) is 34.3 Å². The standard InChI is InChI=1S/C37H38N6O7S/c1-22-3-10-32(35(44)38-22)42-36(45)28-7-4-23(17-29(28)37(42)46)41-14-12-40(13-15-41)11-2-16-49-26-19-27(20-26)50-25-6-9-31-34(21-25)51-33-18-24(43(47)48)5-8-30(33)39-31/h4-9,17-18,21,26-27,32,39H,1-3,10-16,19-20H2,(H,38,44). The number of allylic oxidation sites excluding steroid dienone is 1. The molecule has 1 aliphatic carbocycles. The molecule has 0 bridgehead atoms. The van der Waals surface area contributed by atoms with Crippen LogP contribution in [0.5, 0.6) is 5.75 Å². The van der Waals surface area contributed by atoms with E-state index in [9.17, 15) is 24.5 Å². The summed E-state index contributed by atoms with van der Waals surface area (Å²) in [6.07, 6.45) is 3.81. The topological polar surface area (TPSA) is 147 Å². The second kappa shape index (κ2) is 13.7. The Labute approximate surface area is 299 Å². The zero-order valence-corrected chi connectivity index (χ0v) is 28.8. The first-order chi connectivity index (χ1) is 24.7. The highest BCUT2D eigenvalue weighted by Crippen LogP contribution is 2.47. The van der Waals surface area contributed by atoms with Crippen molar-refractivity contribution in [3.63, 3.8) is 0 Å². The summed E-state index contributed by atoms with van der Waals surface area (Å²) in [7, 11) is 0. The number of anilines is 3. The van der Waals surface area contributed by atoms with Gasteiger partial charge in [0.15, 0.2) is 0 Å². The molecule has 0 aromatic heterocycles. The van der Waals surface area contributed by atoms with E-state index in [-0.39, 0.29) is 28.7 Å². The van der Waals surface area contributed by atoms with E-state index in [1.54, 1.807) is 24.3 Å². The average Bonchev–Trinajstić information content (AvgIpc) is 3.35. The Hall–Kier alpha value is -4.92. The molecule has 5 aliphatic rings. The Kier molecular flexibility index (Phi) is 8.90. The minimum absolute atomic E-state index is 0.0712. The molecule has 4 aliphatic heterocycles. The van der Waals surface area contributed by atoms with Crippen molar-refractivity contribution >= 4 is 52.2 Å². The fourth-order valence-electron chi connectivity index (χ4n) is 7.29. The van der Waals surface area contributed by atoms with Crippen LogP contribution in [0.15, 0.2) is 76.7 Å². The number of nitrogens with zero attached hydrogens (tertiary/aromatic N) is 4. The molecule has 1 atom stereocenters. The molecule has 3 aromatic carbocycles. The number of hydrogen-bond acceptors (Lipinski definition) is 11. The van der Waals surface area contributed by atoms with Gasteiger partial charge in [0, 0.05) is 85.5 Å². The van der Waals surface area contributed by atoms with Crippen molar-refractivity contribution in [1.29, 1.82) is 0 Å². The third kappa shape index (κ3) is 6.66. The van der Waals surface area contributed by atoms with Crippen LogP contribution in [0.25, 0.3) is 0 Å². The number of carbonyl (C=O) groups excluding carboxylic acids is 3. The number of amides is 3. The van der Waals surface area contributed by atoms with Crippen molar-refractivity contribution < 1.29 is 28.8 Å². The van der Waals surface area contributed by atoms with Gasteiger partial charge in [-0.25, -0.2) is 0 Å². The van der Waals surface area contributed by atoms with Gasteiger partial charge in [0.1, 0.15) is 17.9 Å². The van der Waals surface area contributed by atoms with Crippen molar-refractivity contribution in [2.24, 2.45) is 0 Å². The van der Waals surface area contributed by atoms with Crippen LogP contribution in [-0.2, 0) is 9.53 Å². The van der Waals surface area contributed by atoms with Crippen molar-refractivity contribution in [3.05, 3.63) is 88.1 Å². The van der Waals surface area contributed by atoms with Gasteiger partial charge < -0.3 is 25.0 Å². The minimum Gasteiger partial charge on any atom is -0.490 e. The summed E-state index contributed by atoms with van der Waals surface area (Å²) in [5.74, 6) is -0.408. The summed E-state index contributed by atoms with van der Waals surface area (Å²) in [5.41, 5.74) is 4.10. The fourth-order valence-corrected chi connectivity index (χ4v) is 8.33. The van der Waals surface area contributed by atoms with E-state index in [4.69, 9.17) is 9.47 Å². The van der Waals surface area contributed by atoms with E-state index in [0.717, 1.165) is 89.5 Å². The maximum atomic E-state index is 13.3. The van der Waals surface area contributed by atoms with Crippen molar-refractivity contribution in [1.82, 2.24) is 15.1 Å². The van der Waals surface area contributed by atoms with Crippen molar-refractivity contribution in [3.8, 4) is 5.75 Å². The molecule has 3 fully saturated rings. The summed E-state index contributed by atoms with van der Waals surface area (Å²) in [5, 5.41) is 17.2. The van der Waals surface area contributed by atoms with E-state index in [1.165, 1.54) is 17.8 Å². The van der Waals surface area contributed by atoms with Crippen LogP contribution in [0, 0.1) is 10.1 Å². The number of carbonyl (C=O) groups is 3. The lowest BCUT2D eigenvalue weighted by atomic mass is 9.92. The normalized spacial score (nSPS) is 22.8. The monoisotopic (exact) mass is 710 g/mol. The number of piperidine rings is 1. The number of imide groups is 1. The summed E-state index contributed by atoms with van der Waals surface area (Å²) in [4.78, 5) is 57.3. The number of rotatable bonds is 10. The van der Waals surface area contributed by atoms with Gasteiger partial charge in [-0.05, 0) is 61.7 Å². The molecular formula is C37H38N6O7S. The van der Waals surface area contributed by atoms with E-state index >= 15 is 0 Å². The number of benzene rings is 3. The highest BCUT2D eigenvalue weighted by molar-refractivity contribution is 7.99. The second-order valence-corrected chi connectivity index (χ2v) is 14.7.